The number of hydrogen-bond donors (Lipinski definition) is 9. The number of piperazine rings is 2. The summed E-state index contributed by atoms with van der Waals surface area (Å²) in [6.07, 6.45) is 7.08. The Bertz CT molecular complexity index is 7260. The second-order valence-electron chi connectivity index (χ2n) is 31.5. The van der Waals surface area contributed by atoms with E-state index in [4.69, 9.17) is 38.4 Å². The van der Waals surface area contributed by atoms with Crippen LogP contribution in [0.15, 0.2) is 295 Å². The van der Waals surface area contributed by atoms with Crippen molar-refractivity contribution in [3.05, 3.63) is 399 Å². The molecule has 0 aliphatic carbocycles. The first-order valence-corrected chi connectivity index (χ1v) is 47.4. The number of aromatic carboxylic acids is 1. The third-order valence-electron chi connectivity index (χ3n) is 22.2. The first kappa shape index (κ1) is 113. The van der Waals surface area contributed by atoms with Gasteiger partial charge in [-0.15, -0.1) is 3.89 Å². The molecule has 16 rings (SSSR count). The Labute approximate surface area is 847 Å². The third-order valence-corrected chi connectivity index (χ3v) is 25.2. The molecule has 42 heteroatoms. The average Bonchev–Trinajstić information content (AvgIpc) is 0.811. The standard InChI is InChI=1S/C31H28F2N4O5S.C22H17F2NO4.2C15H13F2NO2.C9H13N3.C7H4ClFO4S.C7H6O3/c1-42-31(39)29-26(3-2-4-27(29)32)22-5-6-23(28(33)19-22)20-35-30(38)21-7-9-25(10-8-21)43(40,41)37-17-15-36(16-18-37)24-11-13-34-14-12-24;1-29-22(28)20-17(6-3-7-18(20)23)13-8-9-15(19(24)11-13)12-25-21(27)14-4-2-5-16(26)10-14;2*1-20-15(19)14-11(3-2-4-12(14)16)9-5-6-10(8-18)13(17)7-9;1-3-10-4-2-9(1)12-7-5-11-6-8-12;8-7(11)4-1-2-6(5(10)3-4)14(9,12)13;8-6-3-1-2-5(4-6)7(9)10/h2-14,19H,15-18,20H2,1H3,(H,35,38);2-11,26H,12H2,1H3,(H,25,27);2*2-7H,8,18H2,1H3;1-4,11H,5-8H2;1-3,10H;1-4,8H,(H,9,10). The number of nitrogens with one attached hydrogen (secondary N) is 3. The summed E-state index contributed by atoms with van der Waals surface area (Å²) in [6, 6.07) is 60.5. The topological polar surface area (TPSA) is 446 Å². The molecule has 2 amide bonds. The Morgan fingerprint density at radius 1 is 0.385 bits per heavy atom. The van der Waals surface area contributed by atoms with Crippen LogP contribution in [0.4, 0.5) is 50.4 Å². The first-order chi connectivity index (χ1) is 70.7. The van der Waals surface area contributed by atoms with Crippen LogP contribution in [0.25, 0.3) is 44.5 Å². The second kappa shape index (κ2) is 53.8. The minimum Gasteiger partial charge on any atom is -0.508 e. The maximum absolute atomic E-state index is 14.9. The lowest BCUT2D eigenvalue weighted by Crippen LogP contribution is -2.48. The summed E-state index contributed by atoms with van der Waals surface area (Å²) in [5.74, 6) is -11.6. The molecule has 12 aromatic carbocycles. The molecule has 2 fully saturated rings. The normalized spacial score (nSPS) is 12.0. The summed E-state index contributed by atoms with van der Waals surface area (Å²) in [6.45, 7) is 5.98. The molecule has 0 unspecified atom stereocenters. The molecule has 2 saturated heterocycles. The minimum atomic E-state index is -4.98. The summed E-state index contributed by atoms with van der Waals surface area (Å²) in [7, 11) is -4.14. The lowest BCUT2D eigenvalue weighted by molar-refractivity contribution is 0.0587. The number of rotatable bonds is 23. The molecule has 30 nitrogen and oxygen atoms in total. The Balaban J connectivity index is 0.000000187. The van der Waals surface area contributed by atoms with E-state index in [0.29, 0.717) is 54.0 Å². The number of carboxylic acid groups (broad SMARTS) is 1. The van der Waals surface area contributed by atoms with Crippen LogP contribution in [-0.4, -0.2) is 179 Å². The average molecular weight is 2100 g/mol. The number of esters is 4. The number of nitrogens with two attached hydrogens (primary N) is 2. The molecule has 11 N–H and O–H groups in total. The summed E-state index contributed by atoms with van der Waals surface area (Å²) >= 11 is 5.05. The van der Waals surface area contributed by atoms with Gasteiger partial charge in [0, 0.05) is 154 Å². The summed E-state index contributed by atoms with van der Waals surface area (Å²) in [5, 5.41) is 43.3. The third kappa shape index (κ3) is 30.5. The number of ether oxygens (including phenoxy) is 4. The van der Waals surface area contributed by atoms with E-state index in [0.717, 1.165) is 115 Å². The number of carboxylic acids is 1. The number of aromatic nitrogens is 2. The van der Waals surface area contributed by atoms with Gasteiger partial charge in [-0.2, -0.15) is 12.7 Å². The fourth-order valence-electron chi connectivity index (χ4n) is 14.6. The van der Waals surface area contributed by atoms with Crippen molar-refractivity contribution in [2.24, 2.45) is 11.5 Å². The van der Waals surface area contributed by atoms with E-state index >= 15 is 0 Å². The van der Waals surface area contributed by atoms with Gasteiger partial charge in [0.25, 0.3) is 17.1 Å². The smallest absolute Gasteiger partial charge is 0.341 e. The number of hydrogen-bond acceptors (Lipinski definition) is 26. The van der Waals surface area contributed by atoms with Crippen molar-refractivity contribution in [2.75, 3.05) is 90.6 Å². The molecule has 2 aliphatic rings. The van der Waals surface area contributed by atoms with Crippen LogP contribution in [0.2, 0.25) is 0 Å². The van der Waals surface area contributed by atoms with Crippen LogP contribution in [0, 0.1) is 46.5 Å². The van der Waals surface area contributed by atoms with Crippen LogP contribution < -0.4 is 37.2 Å². The van der Waals surface area contributed by atoms with Crippen molar-refractivity contribution in [2.45, 2.75) is 36.0 Å². The molecule has 0 spiro atoms. The van der Waals surface area contributed by atoms with Crippen LogP contribution in [0.1, 0.15) is 105 Å². The Morgan fingerprint density at radius 3 is 1.03 bits per heavy atom. The SMILES string of the molecule is COC(=O)c1c(F)cccc1-c1ccc(CN)c(F)c1.COC(=O)c1c(F)cccc1-c1ccc(CN)c(F)c1.COC(=O)c1c(F)cccc1-c1ccc(CNC(=O)c2ccc(S(=O)(=O)N3CCN(c4ccncc4)CC3)cc2)c(F)c1.COC(=O)c1c(F)cccc1-c1ccc(CNC(=O)c2cccc(O)c2)c(F)c1.O=C(Cl)c1ccc(S(=O)(=O)F)c(O)c1.O=C(O)c1cccc(O)c1.c1cc(N2CCNCC2)ccn1. The number of benzene rings is 12. The number of methoxy groups -OCH3 is 4. The molecule has 770 valence electrons. The van der Waals surface area contributed by atoms with Crippen LogP contribution in [-0.2, 0) is 65.4 Å². The van der Waals surface area contributed by atoms with E-state index in [9.17, 15) is 99.3 Å². The number of amides is 2. The van der Waals surface area contributed by atoms with Gasteiger partial charge in [0.15, 0.2) is 0 Å². The monoisotopic (exact) mass is 2100 g/mol. The van der Waals surface area contributed by atoms with E-state index in [-0.39, 0.29) is 126 Å². The van der Waals surface area contributed by atoms with Crippen molar-refractivity contribution in [3.63, 3.8) is 0 Å². The molecule has 4 heterocycles. The van der Waals surface area contributed by atoms with Gasteiger partial charge in [-0.3, -0.25) is 24.4 Å². The van der Waals surface area contributed by atoms with Crippen molar-refractivity contribution >= 4 is 90.1 Å². The van der Waals surface area contributed by atoms with E-state index in [1.165, 1.54) is 180 Å². The predicted molar refractivity (Wildman–Crippen MR) is 531 cm³/mol. The van der Waals surface area contributed by atoms with E-state index in [1.807, 2.05) is 24.5 Å². The fraction of sp³-hybridized carbons (Fsp3) is 0.151. The second-order valence-corrected chi connectivity index (χ2v) is 35.1. The van der Waals surface area contributed by atoms with Gasteiger partial charge < -0.3 is 76.6 Å². The zero-order valence-electron chi connectivity index (χ0n) is 78.9. The van der Waals surface area contributed by atoms with Crippen LogP contribution in [0.3, 0.4) is 0 Å². The molecular weight excluding hydrogens is 2000 g/mol. The Morgan fingerprint density at radius 2 is 0.716 bits per heavy atom. The van der Waals surface area contributed by atoms with Gasteiger partial charge in [-0.1, -0.05) is 109 Å². The fourth-order valence-corrected chi connectivity index (χ4v) is 16.7. The van der Waals surface area contributed by atoms with E-state index < -0.39 is 124 Å². The highest BCUT2D eigenvalue weighted by Gasteiger charge is 2.31. The molecule has 0 atom stereocenters. The van der Waals surface area contributed by atoms with Gasteiger partial charge >= 0.3 is 40.1 Å². The lowest BCUT2D eigenvalue weighted by Gasteiger charge is -2.35. The maximum Gasteiger partial charge on any atom is 0.341 e. The highest BCUT2D eigenvalue weighted by Crippen LogP contribution is 2.35. The lowest BCUT2D eigenvalue weighted by atomic mass is 9.98. The Hall–Kier alpha value is -16.7. The number of pyridine rings is 2. The molecule has 0 saturated carbocycles. The van der Waals surface area contributed by atoms with Crippen molar-refractivity contribution in [1.82, 2.24) is 30.2 Å². The predicted octanol–water partition coefficient (Wildman–Crippen LogP) is 17.1. The number of carbonyl (C=O) groups excluding carboxylic acids is 7. The first-order valence-electron chi connectivity index (χ1n) is 44.2. The number of anilines is 2. The van der Waals surface area contributed by atoms with E-state index in [2.05, 4.69) is 66.8 Å². The van der Waals surface area contributed by atoms with Crippen molar-refractivity contribution in [3.8, 4) is 61.8 Å². The number of halogens is 10. The van der Waals surface area contributed by atoms with Crippen molar-refractivity contribution < 1.29 is 134 Å². The molecule has 14 aromatic rings. The molecule has 2 aromatic heterocycles. The van der Waals surface area contributed by atoms with E-state index in [1.54, 1.807) is 24.5 Å². The number of phenols is 3. The molecule has 0 radical (unpaired) electrons. The van der Waals surface area contributed by atoms with Crippen LogP contribution >= 0.6 is 11.6 Å². The highest BCUT2D eigenvalue weighted by atomic mass is 35.5. The number of nitrogens with zero attached hydrogens (tertiary/aromatic N) is 5. The van der Waals surface area contributed by atoms with Gasteiger partial charge in [0.2, 0.25) is 10.0 Å². The largest absolute Gasteiger partial charge is 0.508 e. The number of aromatic hydroxyl groups is 3. The maximum atomic E-state index is 14.9. The van der Waals surface area contributed by atoms with Gasteiger partial charge in [-0.05, 0) is 208 Å². The molecule has 148 heavy (non-hydrogen) atoms. The van der Waals surface area contributed by atoms with Crippen LogP contribution in [0.5, 0.6) is 17.2 Å². The summed E-state index contributed by atoms with van der Waals surface area (Å²) in [4.78, 5) is 105. The zero-order valence-corrected chi connectivity index (χ0v) is 81.3. The zero-order chi connectivity index (χ0) is 108. The number of phenolic OH excluding ortho intramolecular Hbond substituents is 3. The Kier molecular flexibility index (Phi) is 41.1. The van der Waals surface area contributed by atoms with Gasteiger partial charge in [0.1, 0.15) is 90.9 Å². The molecule has 2 aliphatic heterocycles. The van der Waals surface area contributed by atoms with Crippen molar-refractivity contribution in [1.29, 1.82) is 0 Å². The van der Waals surface area contributed by atoms with Gasteiger partial charge in [0.05, 0.1) is 38.9 Å². The summed E-state index contributed by atoms with van der Waals surface area (Å²) in [5.41, 5.74) is 15.8. The quantitative estimate of drug-likeness (QED) is 0.0124. The van der Waals surface area contributed by atoms with Gasteiger partial charge in [-0.25, -0.2) is 67.5 Å². The molecule has 0 bridgehead atoms. The summed E-state index contributed by atoms with van der Waals surface area (Å²) < 4.78 is 192. The number of sulfonamides is 1. The highest BCUT2D eigenvalue weighted by molar-refractivity contribution is 7.89. The minimum absolute atomic E-state index is 0.0279. The number of carbonyl (C=O) groups is 8. The molecular formula is C106H94ClF9N10O20S2.